The normalized spacial score (nSPS) is 25.4. The SMILES string of the molecule is O=C1COC2(CCN(C(=O)C3(c4ccccc4F)CCCC3)C2)CN1c1ccccc1. The Hall–Kier alpha value is -2.73. The molecule has 0 aromatic heterocycles. The number of para-hydroxylation sites is 1. The molecule has 31 heavy (non-hydrogen) atoms. The van der Waals surface area contributed by atoms with E-state index in [0.717, 1.165) is 18.5 Å². The minimum atomic E-state index is -0.791. The first-order chi connectivity index (χ1) is 15.0. The van der Waals surface area contributed by atoms with E-state index >= 15 is 0 Å². The molecule has 6 heteroatoms. The molecule has 1 unspecified atom stereocenters. The van der Waals surface area contributed by atoms with Crippen LogP contribution in [-0.4, -0.2) is 48.6 Å². The van der Waals surface area contributed by atoms with Crippen molar-refractivity contribution in [2.45, 2.75) is 43.1 Å². The van der Waals surface area contributed by atoms with Crippen LogP contribution in [-0.2, 0) is 19.7 Å². The second-order valence-electron chi connectivity index (χ2n) is 9.03. The summed E-state index contributed by atoms with van der Waals surface area (Å²) < 4.78 is 20.8. The van der Waals surface area contributed by atoms with Crippen LogP contribution >= 0.6 is 0 Å². The fourth-order valence-corrected chi connectivity index (χ4v) is 5.55. The number of hydrogen-bond acceptors (Lipinski definition) is 3. The molecule has 2 aliphatic heterocycles. The predicted octanol–water partition coefficient (Wildman–Crippen LogP) is 3.67. The summed E-state index contributed by atoms with van der Waals surface area (Å²) in [4.78, 5) is 29.9. The molecule has 3 fully saturated rings. The standard InChI is InChI=1S/C25H27FN2O3/c26-21-11-5-4-10-20(21)25(12-6-7-13-25)23(30)27-15-14-24(17-27)18-28(22(29)16-31-24)19-8-2-1-3-9-19/h1-5,8-11H,6-7,12-18H2. The Kier molecular flexibility index (Phi) is 5.05. The third-order valence-electron chi connectivity index (χ3n) is 7.18. The van der Waals surface area contributed by atoms with Gasteiger partial charge < -0.3 is 14.5 Å². The highest BCUT2D eigenvalue weighted by atomic mass is 19.1. The zero-order valence-corrected chi connectivity index (χ0v) is 17.6. The number of hydrogen-bond donors (Lipinski definition) is 0. The summed E-state index contributed by atoms with van der Waals surface area (Å²) in [5, 5.41) is 0. The number of rotatable bonds is 3. The van der Waals surface area contributed by atoms with Crippen LogP contribution in [0.25, 0.3) is 0 Å². The van der Waals surface area contributed by atoms with E-state index in [1.165, 1.54) is 6.07 Å². The Bertz CT molecular complexity index is 989. The molecule has 2 amide bonds. The topological polar surface area (TPSA) is 49.9 Å². The molecule has 2 heterocycles. The lowest BCUT2D eigenvalue weighted by atomic mass is 9.77. The van der Waals surface area contributed by atoms with Gasteiger partial charge in [0.2, 0.25) is 5.91 Å². The number of carbonyl (C=O) groups is 2. The summed E-state index contributed by atoms with van der Waals surface area (Å²) in [5.41, 5.74) is -0.00257. The molecule has 2 saturated heterocycles. The molecule has 1 aliphatic carbocycles. The summed E-state index contributed by atoms with van der Waals surface area (Å²) in [6.07, 6.45) is 3.86. The highest BCUT2D eigenvalue weighted by Crippen LogP contribution is 2.45. The van der Waals surface area contributed by atoms with E-state index < -0.39 is 11.0 Å². The minimum Gasteiger partial charge on any atom is -0.361 e. The Morgan fingerprint density at radius 2 is 1.65 bits per heavy atom. The summed E-state index contributed by atoms with van der Waals surface area (Å²) in [6.45, 7) is 1.42. The van der Waals surface area contributed by atoms with Gasteiger partial charge >= 0.3 is 0 Å². The maximum Gasteiger partial charge on any atom is 0.253 e. The van der Waals surface area contributed by atoms with Crippen molar-refractivity contribution in [3.05, 3.63) is 66.0 Å². The molecule has 2 aromatic rings. The van der Waals surface area contributed by atoms with Crippen molar-refractivity contribution in [3.8, 4) is 0 Å². The van der Waals surface area contributed by atoms with Crippen molar-refractivity contribution in [2.24, 2.45) is 0 Å². The van der Waals surface area contributed by atoms with Gasteiger partial charge in [-0.2, -0.15) is 0 Å². The van der Waals surface area contributed by atoms with Crippen LogP contribution < -0.4 is 4.90 Å². The van der Waals surface area contributed by atoms with Gasteiger partial charge in [0.1, 0.15) is 18.0 Å². The second-order valence-corrected chi connectivity index (χ2v) is 9.03. The number of benzene rings is 2. The average molecular weight is 423 g/mol. The number of amides is 2. The molecule has 0 radical (unpaired) electrons. The molecular weight excluding hydrogens is 395 g/mol. The first kappa shape index (κ1) is 20.2. The molecule has 0 N–H and O–H groups in total. The first-order valence-electron chi connectivity index (χ1n) is 11.1. The summed E-state index contributed by atoms with van der Waals surface area (Å²) >= 11 is 0. The third kappa shape index (κ3) is 3.43. The second kappa shape index (κ2) is 7.75. The lowest BCUT2D eigenvalue weighted by molar-refractivity contribution is -0.142. The molecule has 2 aromatic carbocycles. The number of carbonyl (C=O) groups excluding carboxylic acids is 2. The lowest BCUT2D eigenvalue weighted by Crippen LogP contribution is -2.57. The van der Waals surface area contributed by atoms with Crippen LogP contribution in [0.5, 0.6) is 0 Å². The molecule has 1 saturated carbocycles. The van der Waals surface area contributed by atoms with Crippen LogP contribution in [0.15, 0.2) is 54.6 Å². The lowest BCUT2D eigenvalue weighted by Gasteiger charge is -2.40. The maximum atomic E-state index is 14.7. The molecule has 162 valence electrons. The molecule has 5 rings (SSSR count). The summed E-state index contributed by atoms with van der Waals surface area (Å²) in [7, 11) is 0. The van der Waals surface area contributed by atoms with E-state index in [0.29, 0.717) is 44.5 Å². The van der Waals surface area contributed by atoms with Gasteiger partial charge in [0, 0.05) is 17.8 Å². The predicted molar refractivity (Wildman–Crippen MR) is 115 cm³/mol. The van der Waals surface area contributed by atoms with Gasteiger partial charge in [0.05, 0.1) is 18.5 Å². The maximum absolute atomic E-state index is 14.7. The van der Waals surface area contributed by atoms with E-state index in [1.807, 2.05) is 41.3 Å². The van der Waals surface area contributed by atoms with E-state index in [-0.39, 0.29) is 24.2 Å². The average Bonchev–Trinajstić information content (AvgIpc) is 3.45. The first-order valence-corrected chi connectivity index (χ1v) is 11.1. The number of halogens is 1. The van der Waals surface area contributed by atoms with E-state index in [9.17, 15) is 14.0 Å². The highest BCUT2D eigenvalue weighted by Gasteiger charge is 2.52. The van der Waals surface area contributed by atoms with Crippen LogP contribution in [0.1, 0.15) is 37.7 Å². The number of anilines is 1. The minimum absolute atomic E-state index is 0.00117. The molecule has 0 bridgehead atoms. The number of morpholine rings is 1. The van der Waals surface area contributed by atoms with Crippen molar-refractivity contribution in [2.75, 3.05) is 31.1 Å². The number of nitrogens with zero attached hydrogens (tertiary/aromatic N) is 2. The Labute approximate surface area is 181 Å². The monoisotopic (exact) mass is 422 g/mol. The zero-order valence-electron chi connectivity index (χ0n) is 17.6. The molecule has 1 spiro atoms. The Morgan fingerprint density at radius 3 is 2.39 bits per heavy atom. The van der Waals surface area contributed by atoms with Gasteiger partial charge in [-0.15, -0.1) is 0 Å². The van der Waals surface area contributed by atoms with Crippen molar-refractivity contribution >= 4 is 17.5 Å². The van der Waals surface area contributed by atoms with Crippen molar-refractivity contribution in [3.63, 3.8) is 0 Å². The van der Waals surface area contributed by atoms with Crippen LogP contribution in [0.2, 0.25) is 0 Å². The van der Waals surface area contributed by atoms with Crippen LogP contribution in [0.3, 0.4) is 0 Å². The fraction of sp³-hybridized carbons (Fsp3) is 0.440. The molecule has 1 atom stereocenters. The highest BCUT2D eigenvalue weighted by molar-refractivity contribution is 5.95. The van der Waals surface area contributed by atoms with Gasteiger partial charge in [0.15, 0.2) is 0 Å². The summed E-state index contributed by atoms with van der Waals surface area (Å²) in [5.74, 6) is -0.375. The smallest absolute Gasteiger partial charge is 0.253 e. The quantitative estimate of drug-likeness (QED) is 0.758. The number of ether oxygens (including phenoxy) is 1. The van der Waals surface area contributed by atoms with Gasteiger partial charge in [-0.3, -0.25) is 9.59 Å². The van der Waals surface area contributed by atoms with E-state index in [4.69, 9.17) is 4.74 Å². The van der Waals surface area contributed by atoms with Gasteiger partial charge in [-0.25, -0.2) is 4.39 Å². The van der Waals surface area contributed by atoms with Crippen LogP contribution in [0, 0.1) is 5.82 Å². The van der Waals surface area contributed by atoms with Gasteiger partial charge in [-0.1, -0.05) is 49.2 Å². The Balaban J connectivity index is 1.39. The fourth-order valence-electron chi connectivity index (χ4n) is 5.55. The van der Waals surface area contributed by atoms with Gasteiger partial charge in [0.25, 0.3) is 5.91 Å². The third-order valence-corrected chi connectivity index (χ3v) is 7.18. The van der Waals surface area contributed by atoms with E-state index in [1.54, 1.807) is 17.0 Å². The zero-order chi connectivity index (χ0) is 21.5. The molecule has 5 nitrogen and oxygen atoms in total. The van der Waals surface area contributed by atoms with Crippen molar-refractivity contribution < 1.29 is 18.7 Å². The van der Waals surface area contributed by atoms with Crippen molar-refractivity contribution in [1.29, 1.82) is 0 Å². The molecule has 3 aliphatic rings. The van der Waals surface area contributed by atoms with Gasteiger partial charge in [-0.05, 0) is 37.5 Å². The van der Waals surface area contributed by atoms with E-state index in [2.05, 4.69) is 0 Å². The Morgan fingerprint density at radius 1 is 0.935 bits per heavy atom. The van der Waals surface area contributed by atoms with Crippen molar-refractivity contribution in [1.82, 2.24) is 4.90 Å². The number of likely N-dealkylation sites (tertiary alicyclic amines) is 1. The summed E-state index contributed by atoms with van der Waals surface area (Å²) in [6, 6.07) is 16.3. The van der Waals surface area contributed by atoms with Crippen LogP contribution in [0.4, 0.5) is 10.1 Å². The molecular formula is C25H27FN2O3. The largest absolute Gasteiger partial charge is 0.361 e.